The van der Waals surface area contributed by atoms with E-state index in [1.807, 2.05) is 25.1 Å². The van der Waals surface area contributed by atoms with Gasteiger partial charge in [-0.1, -0.05) is 26.8 Å². The molecule has 0 fully saturated rings. The molecule has 0 saturated carbocycles. The number of rotatable bonds is 6. The Hall–Kier alpha value is -1.55. The third kappa shape index (κ3) is 3.96. The summed E-state index contributed by atoms with van der Waals surface area (Å²) in [6, 6.07) is 5.86. The molecule has 1 unspecified atom stereocenters. The lowest BCUT2D eigenvalue weighted by Crippen LogP contribution is -2.28. The third-order valence-corrected chi connectivity index (χ3v) is 3.30. The highest BCUT2D eigenvalue weighted by molar-refractivity contribution is 5.94. The predicted molar refractivity (Wildman–Crippen MR) is 78.5 cm³/mol. The topological polar surface area (TPSA) is 64.4 Å². The molecule has 0 saturated heterocycles. The maximum atomic E-state index is 12.1. The van der Waals surface area contributed by atoms with Crippen LogP contribution >= 0.6 is 0 Å². The van der Waals surface area contributed by atoms with E-state index in [1.54, 1.807) is 7.11 Å². The van der Waals surface area contributed by atoms with Gasteiger partial charge >= 0.3 is 0 Å². The molecule has 0 aromatic heterocycles. The number of hydrogen-bond acceptors (Lipinski definition) is 3. The molecule has 4 nitrogen and oxygen atoms in total. The Morgan fingerprint density at radius 2 is 2.11 bits per heavy atom. The molecule has 19 heavy (non-hydrogen) atoms. The average Bonchev–Trinajstić information content (AvgIpc) is 2.39. The number of hydrogen-bond donors (Lipinski definition) is 2. The monoisotopic (exact) mass is 264 g/mol. The number of ether oxygens (including phenoxy) is 1. The van der Waals surface area contributed by atoms with Crippen molar-refractivity contribution in [2.75, 3.05) is 19.0 Å². The second-order valence-electron chi connectivity index (χ2n) is 4.94. The first-order chi connectivity index (χ1) is 9.03. The largest absolute Gasteiger partial charge is 0.495 e. The lowest BCUT2D eigenvalue weighted by molar-refractivity contribution is -0.119. The SMILES string of the molecule is CCC(CN)C(=O)Nc1cc(C(C)C)ccc1OC. The fourth-order valence-corrected chi connectivity index (χ4v) is 1.88. The Morgan fingerprint density at radius 1 is 1.42 bits per heavy atom. The van der Waals surface area contributed by atoms with E-state index in [0.29, 0.717) is 23.9 Å². The summed E-state index contributed by atoms with van der Waals surface area (Å²) in [6.45, 7) is 6.54. The van der Waals surface area contributed by atoms with Gasteiger partial charge in [0.1, 0.15) is 5.75 Å². The minimum atomic E-state index is -0.160. The summed E-state index contributed by atoms with van der Waals surface area (Å²) in [6.07, 6.45) is 0.731. The zero-order chi connectivity index (χ0) is 14.4. The Kier molecular flexibility index (Phi) is 5.83. The molecule has 0 spiro atoms. The predicted octanol–water partition coefficient (Wildman–Crippen LogP) is 2.74. The average molecular weight is 264 g/mol. The number of benzene rings is 1. The van der Waals surface area contributed by atoms with Gasteiger partial charge in [0, 0.05) is 6.54 Å². The Labute approximate surface area is 115 Å². The van der Waals surface area contributed by atoms with Crippen molar-refractivity contribution in [3.05, 3.63) is 23.8 Å². The highest BCUT2D eigenvalue weighted by Crippen LogP contribution is 2.29. The minimum absolute atomic E-state index is 0.0517. The van der Waals surface area contributed by atoms with E-state index >= 15 is 0 Å². The fourth-order valence-electron chi connectivity index (χ4n) is 1.88. The van der Waals surface area contributed by atoms with E-state index in [1.165, 1.54) is 0 Å². The molecule has 1 aromatic carbocycles. The van der Waals surface area contributed by atoms with Gasteiger partial charge in [-0.05, 0) is 30.0 Å². The van der Waals surface area contributed by atoms with Crippen LogP contribution in [0.15, 0.2) is 18.2 Å². The summed E-state index contributed by atoms with van der Waals surface area (Å²) in [5.74, 6) is 0.860. The van der Waals surface area contributed by atoms with E-state index in [2.05, 4.69) is 19.2 Å². The normalized spacial score (nSPS) is 12.3. The molecular weight excluding hydrogens is 240 g/mol. The van der Waals surface area contributed by atoms with Gasteiger partial charge in [-0.3, -0.25) is 4.79 Å². The van der Waals surface area contributed by atoms with Gasteiger partial charge in [-0.2, -0.15) is 0 Å². The van der Waals surface area contributed by atoms with Crippen molar-refractivity contribution >= 4 is 11.6 Å². The van der Waals surface area contributed by atoms with Crippen molar-refractivity contribution < 1.29 is 9.53 Å². The zero-order valence-corrected chi connectivity index (χ0v) is 12.2. The summed E-state index contributed by atoms with van der Waals surface area (Å²) >= 11 is 0. The van der Waals surface area contributed by atoms with Crippen LogP contribution in [0.2, 0.25) is 0 Å². The molecule has 0 heterocycles. The van der Waals surface area contributed by atoms with Gasteiger partial charge in [0.25, 0.3) is 0 Å². The molecule has 106 valence electrons. The molecule has 1 amide bonds. The lowest BCUT2D eigenvalue weighted by Gasteiger charge is -2.16. The van der Waals surface area contributed by atoms with Crippen LogP contribution in [0, 0.1) is 5.92 Å². The third-order valence-electron chi connectivity index (χ3n) is 3.30. The second-order valence-corrected chi connectivity index (χ2v) is 4.94. The van der Waals surface area contributed by atoms with Crippen molar-refractivity contribution in [1.82, 2.24) is 0 Å². The summed E-state index contributed by atoms with van der Waals surface area (Å²) in [7, 11) is 1.60. The van der Waals surface area contributed by atoms with Crippen LogP contribution in [0.3, 0.4) is 0 Å². The number of amides is 1. The first-order valence-corrected chi connectivity index (χ1v) is 6.72. The molecule has 0 aliphatic heterocycles. The van der Waals surface area contributed by atoms with E-state index in [9.17, 15) is 4.79 Å². The molecule has 3 N–H and O–H groups in total. The molecule has 1 aromatic rings. The first-order valence-electron chi connectivity index (χ1n) is 6.72. The van der Waals surface area contributed by atoms with Crippen LogP contribution in [0.5, 0.6) is 5.75 Å². The highest BCUT2D eigenvalue weighted by Gasteiger charge is 2.16. The Morgan fingerprint density at radius 3 is 2.58 bits per heavy atom. The number of carbonyl (C=O) groups is 1. The Bertz CT molecular complexity index is 426. The zero-order valence-electron chi connectivity index (χ0n) is 12.2. The van der Waals surface area contributed by atoms with E-state index < -0.39 is 0 Å². The van der Waals surface area contributed by atoms with Gasteiger partial charge in [0.05, 0.1) is 18.7 Å². The lowest BCUT2D eigenvalue weighted by atomic mass is 10.0. The molecule has 4 heteroatoms. The maximum absolute atomic E-state index is 12.1. The van der Waals surface area contributed by atoms with E-state index in [-0.39, 0.29) is 11.8 Å². The number of nitrogens with one attached hydrogen (secondary N) is 1. The van der Waals surface area contributed by atoms with E-state index in [0.717, 1.165) is 12.0 Å². The molecule has 0 aliphatic carbocycles. The maximum Gasteiger partial charge on any atom is 0.228 e. The first kappa shape index (κ1) is 15.5. The number of nitrogens with two attached hydrogens (primary N) is 1. The summed E-state index contributed by atoms with van der Waals surface area (Å²) in [4.78, 5) is 12.1. The van der Waals surface area contributed by atoms with Crippen molar-refractivity contribution in [2.24, 2.45) is 11.7 Å². The quantitative estimate of drug-likeness (QED) is 0.830. The smallest absolute Gasteiger partial charge is 0.228 e. The molecular formula is C15H24N2O2. The summed E-state index contributed by atoms with van der Waals surface area (Å²) in [5.41, 5.74) is 7.47. The fraction of sp³-hybridized carbons (Fsp3) is 0.533. The molecule has 0 radical (unpaired) electrons. The van der Waals surface area contributed by atoms with Gasteiger partial charge in [-0.25, -0.2) is 0 Å². The van der Waals surface area contributed by atoms with Crippen LogP contribution in [0.1, 0.15) is 38.7 Å². The number of methoxy groups -OCH3 is 1. The number of anilines is 1. The van der Waals surface area contributed by atoms with Crippen molar-refractivity contribution in [3.8, 4) is 5.75 Å². The van der Waals surface area contributed by atoms with Crippen molar-refractivity contribution in [1.29, 1.82) is 0 Å². The molecule has 0 aliphatic rings. The summed E-state index contributed by atoms with van der Waals surface area (Å²) < 4.78 is 5.28. The highest BCUT2D eigenvalue weighted by atomic mass is 16.5. The Balaban J connectivity index is 2.97. The molecule has 1 atom stereocenters. The van der Waals surface area contributed by atoms with Gasteiger partial charge in [0.15, 0.2) is 0 Å². The van der Waals surface area contributed by atoms with Crippen LogP contribution in [0.25, 0.3) is 0 Å². The van der Waals surface area contributed by atoms with E-state index in [4.69, 9.17) is 10.5 Å². The van der Waals surface area contributed by atoms with Crippen molar-refractivity contribution in [3.63, 3.8) is 0 Å². The molecule has 0 bridgehead atoms. The second kappa shape index (κ2) is 7.14. The standard InChI is InChI=1S/C15H24N2O2/c1-5-11(9-16)15(18)17-13-8-12(10(2)3)6-7-14(13)19-4/h6-8,10-11H,5,9,16H2,1-4H3,(H,17,18). The molecule has 1 rings (SSSR count). The van der Waals surface area contributed by atoms with Crippen LogP contribution < -0.4 is 15.8 Å². The van der Waals surface area contributed by atoms with Crippen molar-refractivity contribution in [2.45, 2.75) is 33.1 Å². The van der Waals surface area contributed by atoms with Crippen LogP contribution in [-0.2, 0) is 4.79 Å². The number of carbonyl (C=O) groups excluding carboxylic acids is 1. The van der Waals surface area contributed by atoms with Gasteiger partial charge in [0.2, 0.25) is 5.91 Å². The van der Waals surface area contributed by atoms with Crippen LogP contribution in [-0.4, -0.2) is 19.6 Å². The minimum Gasteiger partial charge on any atom is -0.495 e. The van der Waals surface area contributed by atoms with Gasteiger partial charge < -0.3 is 15.8 Å². The van der Waals surface area contributed by atoms with Gasteiger partial charge in [-0.15, -0.1) is 0 Å². The van der Waals surface area contributed by atoms with Crippen LogP contribution in [0.4, 0.5) is 5.69 Å². The summed E-state index contributed by atoms with van der Waals surface area (Å²) in [5, 5.41) is 2.91.